The van der Waals surface area contributed by atoms with Crippen LogP contribution in [-0.2, 0) is 6.54 Å². The first-order chi connectivity index (χ1) is 7.97. The van der Waals surface area contributed by atoms with Crippen molar-refractivity contribution in [2.45, 2.75) is 46.3 Å². The van der Waals surface area contributed by atoms with Crippen molar-refractivity contribution in [1.29, 1.82) is 0 Å². The molecule has 0 saturated carbocycles. The lowest BCUT2D eigenvalue weighted by Gasteiger charge is -2.14. The average molecular weight is 236 g/mol. The van der Waals surface area contributed by atoms with Crippen LogP contribution in [0.3, 0.4) is 0 Å². The molecule has 2 heterocycles. The standard InChI is InChI=1S/C13H24N4/c1-9(2)17-7-12(11(4)15-17)6-16-5-10(3)13(14)8-16/h7,9-10,13H,5-6,8,14H2,1-4H3. The maximum Gasteiger partial charge on any atom is 0.0638 e. The minimum atomic E-state index is 0.329. The first-order valence-electron chi connectivity index (χ1n) is 6.50. The molecule has 1 aliphatic rings. The lowest BCUT2D eigenvalue weighted by molar-refractivity contribution is 0.318. The molecule has 96 valence electrons. The Balaban J connectivity index is 2.04. The maximum absolute atomic E-state index is 6.05. The number of rotatable bonds is 3. The van der Waals surface area contributed by atoms with E-state index in [4.69, 9.17) is 5.73 Å². The molecule has 1 fully saturated rings. The summed E-state index contributed by atoms with van der Waals surface area (Å²) in [5, 5.41) is 4.55. The summed E-state index contributed by atoms with van der Waals surface area (Å²) in [4.78, 5) is 2.43. The SMILES string of the molecule is Cc1nn(C(C)C)cc1CN1CC(C)C(N)C1. The highest BCUT2D eigenvalue weighted by molar-refractivity contribution is 5.16. The molecule has 0 spiro atoms. The van der Waals surface area contributed by atoms with Gasteiger partial charge in [-0.05, 0) is 26.7 Å². The highest BCUT2D eigenvalue weighted by Gasteiger charge is 2.27. The topological polar surface area (TPSA) is 47.1 Å². The summed E-state index contributed by atoms with van der Waals surface area (Å²) >= 11 is 0. The van der Waals surface area contributed by atoms with E-state index in [0.29, 0.717) is 18.0 Å². The highest BCUT2D eigenvalue weighted by Crippen LogP contribution is 2.19. The third kappa shape index (κ3) is 2.69. The lowest BCUT2D eigenvalue weighted by Crippen LogP contribution is -2.28. The van der Waals surface area contributed by atoms with Gasteiger partial charge in [0.2, 0.25) is 0 Å². The Morgan fingerprint density at radius 3 is 2.65 bits per heavy atom. The fraction of sp³-hybridized carbons (Fsp3) is 0.769. The molecule has 0 aromatic carbocycles. The van der Waals surface area contributed by atoms with Gasteiger partial charge in [0.25, 0.3) is 0 Å². The predicted octanol–water partition coefficient (Wildman–Crippen LogP) is 1.55. The second-order valence-electron chi connectivity index (χ2n) is 5.65. The Hall–Kier alpha value is -0.870. The van der Waals surface area contributed by atoms with Crippen LogP contribution in [0.2, 0.25) is 0 Å². The molecule has 0 radical (unpaired) electrons. The number of nitrogens with two attached hydrogens (primary N) is 1. The van der Waals surface area contributed by atoms with Crippen LogP contribution in [0.15, 0.2) is 6.20 Å². The summed E-state index contributed by atoms with van der Waals surface area (Å²) in [5.74, 6) is 0.607. The number of likely N-dealkylation sites (tertiary alicyclic amines) is 1. The monoisotopic (exact) mass is 236 g/mol. The fourth-order valence-corrected chi connectivity index (χ4v) is 2.40. The molecular formula is C13H24N4. The third-order valence-corrected chi connectivity index (χ3v) is 3.69. The van der Waals surface area contributed by atoms with Crippen molar-refractivity contribution in [2.75, 3.05) is 13.1 Å². The lowest BCUT2D eigenvalue weighted by atomic mass is 10.1. The van der Waals surface area contributed by atoms with Crippen molar-refractivity contribution in [1.82, 2.24) is 14.7 Å². The molecule has 1 aromatic rings. The van der Waals surface area contributed by atoms with E-state index in [1.807, 2.05) is 4.68 Å². The van der Waals surface area contributed by atoms with Crippen LogP contribution < -0.4 is 5.73 Å². The number of aryl methyl sites for hydroxylation is 1. The largest absolute Gasteiger partial charge is 0.326 e. The second kappa shape index (κ2) is 4.78. The van der Waals surface area contributed by atoms with Gasteiger partial charge in [-0.1, -0.05) is 6.92 Å². The minimum Gasteiger partial charge on any atom is -0.326 e. The molecule has 2 rings (SSSR count). The van der Waals surface area contributed by atoms with E-state index in [1.165, 1.54) is 5.56 Å². The minimum absolute atomic E-state index is 0.329. The number of aromatic nitrogens is 2. The highest BCUT2D eigenvalue weighted by atomic mass is 15.3. The number of hydrogen-bond acceptors (Lipinski definition) is 3. The molecular weight excluding hydrogens is 212 g/mol. The van der Waals surface area contributed by atoms with E-state index >= 15 is 0 Å². The molecule has 1 saturated heterocycles. The van der Waals surface area contributed by atoms with Gasteiger partial charge in [-0.2, -0.15) is 5.10 Å². The first kappa shape index (κ1) is 12.6. The van der Waals surface area contributed by atoms with E-state index in [-0.39, 0.29) is 0 Å². The van der Waals surface area contributed by atoms with Crippen LogP contribution in [-0.4, -0.2) is 33.8 Å². The van der Waals surface area contributed by atoms with Crippen molar-refractivity contribution in [3.8, 4) is 0 Å². The summed E-state index contributed by atoms with van der Waals surface area (Å²) in [7, 11) is 0. The molecule has 17 heavy (non-hydrogen) atoms. The van der Waals surface area contributed by atoms with Gasteiger partial charge in [0.05, 0.1) is 5.69 Å². The van der Waals surface area contributed by atoms with Gasteiger partial charge >= 0.3 is 0 Å². The normalized spacial score (nSPS) is 26.0. The molecule has 4 heteroatoms. The number of nitrogens with zero attached hydrogens (tertiary/aromatic N) is 3. The van der Waals surface area contributed by atoms with Gasteiger partial charge in [-0.3, -0.25) is 9.58 Å². The Bertz CT molecular complexity index is 373. The summed E-state index contributed by atoms with van der Waals surface area (Å²) in [6.45, 7) is 11.7. The second-order valence-corrected chi connectivity index (χ2v) is 5.65. The fourth-order valence-electron chi connectivity index (χ4n) is 2.40. The van der Waals surface area contributed by atoms with Gasteiger partial charge < -0.3 is 5.73 Å². The van der Waals surface area contributed by atoms with E-state index in [1.54, 1.807) is 0 Å². The van der Waals surface area contributed by atoms with Crippen LogP contribution in [0.1, 0.15) is 38.1 Å². The summed E-state index contributed by atoms with van der Waals surface area (Å²) < 4.78 is 2.05. The maximum atomic E-state index is 6.05. The van der Waals surface area contributed by atoms with E-state index < -0.39 is 0 Å². The van der Waals surface area contributed by atoms with Gasteiger partial charge in [0, 0.05) is 43.5 Å². The van der Waals surface area contributed by atoms with Crippen molar-refractivity contribution in [3.05, 3.63) is 17.5 Å². The quantitative estimate of drug-likeness (QED) is 0.866. The molecule has 2 unspecified atom stereocenters. The van der Waals surface area contributed by atoms with Crippen LogP contribution in [0, 0.1) is 12.8 Å². The van der Waals surface area contributed by atoms with Crippen LogP contribution in [0.4, 0.5) is 0 Å². The van der Waals surface area contributed by atoms with E-state index in [2.05, 4.69) is 43.9 Å². The van der Waals surface area contributed by atoms with Crippen LogP contribution in [0.5, 0.6) is 0 Å². The van der Waals surface area contributed by atoms with Gasteiger partial charge in [0.15, 0.2) is 0 Å². The van der Waals surface area contributed by atoms with E-state index in [9.17, 15) is 0 Å². The van der Waals surface area contributed by atoms with Gasteiger partial charge in [-0.25, -0.2) is 0 Å². The molecule has 0 bridgehead atoms. The van der Waals surface area contributed by atoms with Crippen molar-refractivity contribution >= 4 is 0 Å². The Labute approximate surface area is 104 Å². The average Bonchev–Trinajstić information content (AvgIpc) is 2.73. The summed E-state index contributed by atoms with van der Waals surface area (Å²) in [5.41, 5.74) is 8.53. The summed E-state index contributed by atoms with van der Waals surface area (Å²) in [6, 6.07) is 0.762. The number of hydrogen-bond donors (Lipinski definition) is 1. The molecule has 1 aliphatic heterocycles. The van der Waals surface area contributed by atoms with Crippen molar-refractivity contribution in [2.24, 2.45) is 11.7 Å². The van der Waals surface area contributed by atoms with Gasteiger partial charge in [-0.15, -0.1) is 0 Å². The molecule has 0 aliphatic carbocycles. The zero-order valence-corrected chi connectivity index (χ0v) is 11.3. The molecule has 2 atom stereocenters. The Morgan fingerprint density at radius 1 is 1.47 bits per heavy atom. The van der Waals surface area contributed by atoms with Gasteiger partial charge in [0.1, 0.15) is 0 Å². The van der Waals surface area contributed by atoms with Crippen molar-refractivity contribution in [3.63, 3.8) is 0 Å². The third-order valence-electron chi connectivity index (χ3n) is 3.69. The first-order valence-corrected chi connectivity index (χ1v) is 6.50. The molecule has 4 nitrogen and oxygen atoms in total. The zero-order valence-electron chi connectivity index (χ0n) is 11.3. The van der Waals surface area contributed by atoms with Crippen LogP contribution in [0.25, 0.3) is 0 Å². The summed E-state index contributed by atoms with van der Waals surface area (Å²) in [6.07, 6.45) is 2.18. The zero-order chi connectivity index (χ0) is 12.6. The Morgan fingerprint density at radius 2 is 2.18 bits per heavy atom. The smallest absolute Gasteiger partial charge is 0.0638 e. The molecule has 0 amide bonds. The van der Waals surface area contributed by atoms with Crippen LogP contribution >= 0.6 is 0 Å². The Kier molecular flexibility index (Phi) is 3.54. The predicted molar refractivity (Wildman–Crippen MR) is 69.8 cm³/mol. The molecule has 1 aromatic heterocycles. The molecule has 2 N–H and O–H groups in total. The van der Waals surface area contributed by atoms with Crippen molar-refractivity contribution < 1.29 is 0 Å². The van der Waals surface area contributed by atoms with E-state index in [0.717, 1.165) is 25.3 Å².